The third-order valence-corrected chi connectivity index (χ3v) is 3.06. The summed E-state index contributed by atoms with van der Waals surface area (Å²) in [7, 11) is 0. The van der Waals surface area contributed by atoms with E-state index in [0.717, 1.165) is 5.56 Å². The Labute approximate surface area is 120 Å². The maximum absolute atomic E-state index is 11.5. The van der Waals surface area contributed by atoms with Crippen molar-refractivity contribution in [1.82, 2.24) is 0 Å². The molecule has 0 fully saturated rings. The van der Waals surface area contributed by atoms with E-state index >= 15 is 0 Å². The minimum atomic E-state index is -0.542. The van der Waals surface area contributed by atoms with Crippen LogP contribution in [0, 0.1) is 0 Å². The molecule has 0 spiro atoms. The molecule has 4 nitrogen and oxygen atoms in total. The van der Waals surface area contributed by atoms with E-state index in [9.17, 15) is 9.59 Å². The number of carbonyl (C=O) groups excluding carboxylic acids is 2. The summed E-state index contributed by atoms with van der Waals surface area (Å²) < 4.78 is 4.84. The van der Waals surface area contributed by atoms with E-state index in [-0.39, 0.29) is 12.5 Å². The molecule has 5 heteroatoms. The molecule has 2 aromatic rings. The van der Waals surface area contributed by atoms with E-state index in [1.54, 1.807) is 29.5 Å². The lowest BCUT2D eigenvalue weighted by atomic mass is 10.3. The van der Waals surface area contributed by atoms with Gasteiger partial charge in [0.2, 0.25) is 0 Å². The molecule has 0 unspecified atom stereocenters. The van der Waals surface area contributed by atoms with Gasteiger partial charge in [-0.05, 0) is 40.6 Å². The van der Waals surface area contributed by atoms with Gasteiger partial charge in [0.05, 0.1) is 0 Å². The van der Waals surface area contributed by atoms with Crippen molar-refractivity contribution in [2.24, 2.45) is 0 Å². The Morgan fingerprint density at radius 1 is 1.20 bits per heavy atom. The second kappa shape index (κ2) is 7.25. The highest BCUT2D eigenvalue weighted by Crippen LogP contribution is 2.08. The third-order valence-electron chi connectivity index (χ3n) is 2.36. The molecule has 1 N–H and O–H groups in total. The number of thiophene rings is 1. The largest absolute Gasteiger partial charge is 0.452 e. The maximum Gasteiger partial charge on any atom is 0.331 e. The second-order valence-electron chi connectivity index (χ2n) is 3.91. The second-order valence-corrected chi connectivity index (χ2v) is 4.69. The van der Waals surface area contributed by atoms with E-state index in [0.29, 0.717) is 5.69 Å². The predicted molar refractivity (Wildman–Crippen MR) is 79.4 cm³/mol. The zero-order chi connectivity index (χ0) is 14.2. The summed E-state index contributed by atoms with van der Waals surface area (Å²) in [5.74, 6) is -0.909. The summed E-state index contributed by atoms with van der Waals surface area (Å²) in [6.45, 7) is -0.304. The van der Waals surface area contributed by atoms with Gasteiger partial charge in [0.1, 0.15) is 0 Å². The van der Waals surface area contributed by atoms with Crippen molar-refractivity contribution in [3.63, 3.8) is 0 Å². The first kappa shape index (κ1) is 14.0. The Morgan fingerprint density at radius 2 is 2.00 bits per heavy atom. The van der Waals surface area contributed by atoms with Gasteiger partial charge in [-0.25, -0.2) is 4.79 Å². The zero-order valence-corrected chi connectivity index (χ0v) is 11.4. The molecule has 0 aliphatic carbocycles. The quantitative estimate of drug-likeness (QED) is 0.679. The van der Waals surface area contributed by atoms with Crippen molar-refractivity contribution in [1.29, 1.82) is 0 Å². The summed E-state index contributed by atoms with van der Waals surface area (Å²) in [4.78, 5) is 22.9. The lowest BCUT2D eigenvalue weighted by Gasteiger charge is -2.04. The van der Waals surface area contributed by atoms with E-state index in [1.807, 2.05) is 35.0 Å². The van der Waals surface area contributed by atoms with Crippen molar-refractivity contribution in [2.75, 3.05) is 11.9 Å². The average Bonchev–Trinajstić information content (AvgIpc) is 2.97. The first-order valence-electron chi connectivity index (χ1n) is 5.96. The number of amides is 1. The first-order valence-corrected chi connectivity index (χ1v) is 6.90. The van der Waals surface area contributed by atoms with E-state index < -0.39 is 5.97 Å². The maximum atomic E-state index is 11.5. The number of benzene rings is 1. The highest BCUT2D eigenvalue weighted by atomic mass is 32.1. The van der Waals surface area contributed by atoms with Crippen LogP contribution < -0.4 is 5.32 Å². The highest BCUT2D eigenvalue weighted by molar-refractivity contribution is 7.08. The first-order chi connectivity index (χ1) is 9.74. The molecule has 0 aliphatic heterocycles. The van der Waals surface area contributed by atoms with Gasteiger partial charge in [-0.15, -0.1) is 0 Å². The molecule has 102 valence electrons. The van der Waals surface area contributed by atoms with Crippen molar-refractivity contribution in [2.45, 2.75) is 0 Å². The molecule has 2 rings (SSSR count). The molecule has 1 aromatic carbocycles. The Bertz CT molecular complexity index is 591. The van der Waals surface area contributed by atoms with Gasteiger partial charge in [0, 0.05) is 11.8 Å². The molecule has 0 saturated heterocycles. The average molecular weight is 287 g/mol. The molecular weight excluding hydrogens is 274 g/mol. The minimum absolute atomic E-state index is 0.304. The molecule has 20 heavy (non-hydrogen) atoms. The summed E-state index contributed by atoms with van der Waals surface area (Å²) in [6.07, 6.45) is 2.95. The number of anilines is 1. The number of rotatable bonds is 5. The van der Waals surface area contributed by atoms with Gasteiger partial charge in [0.25, 0.3) is 5.91 Å². The number of hydrogen-bond donors (Lipinski definition) is 1. The normalized spacial score (nSPS) is 10.4. The van der Waals surface area contributed by atoms with Crippen LogP contribution >= 0.6 is 11.3 Å². The van der Waals surface area contributed by atoms with Crippen LogP contribution in [0.4, 0.5) is 5.69 Å². The van der Waals surface area contributed by atoms with E-state index in [4.69, 9.17) is 4.74 Å². The molecule has 1 amide bonds. The van der Waals surface area contributed by atoms with E-state index in [2.05, 4.69) is 5.32 Å². The Balaban J connectivity index is 1.74. The number of hydrogen-bond acceptors (Lipinski definition) is 4. The molecule has 0 saturated carbocycles. The zero-order valence-electron chi connectivity index (χ0n) is 10.6. The third kappa shape index (κ3) is 4.70. The van der Waals surface area contributed by atoms with Crippen molar-refractivity contribution in [3.05, 3.63) is 58.8 Å². The van der Waals surface area contributed by atoms with Crippen LogP contribution in [0.2, 0.25) is 0 Å². The molecule has 0 radical (unpaired) electrons. The Hall–Kier alpha value is -2.40. The number of para-hydroxylation sites is 1. The van der Waals surface area contributed by atoms with Crippen molar-refractivity contribution >= 4 is 35.0 Å². The Kier molecular flexibility index (Phi) is 5.08. The number of carbonyl (C=O) groups is 2. The van der Waals surface area contributed by atoms with Gasteiger partial charge in [0.15, 0.2) is 6.61 Å². The van der Waals surface area contributed by atoms with Crippen LogP contribution in [0.5, 0.6) is 0 Å². The van der Waals surface area contributed by atoms with Crippen molar-refractivity contribution in [3.8, 4) is 0 Å². The molecule has 0 atom stereocenters. The van der Waals surface area contributed by atoms with Crippen LogP contribution in [0.3, 0.4) is 0 Å². The van der Waals surface area contributed by atoms with E-state index in [1.165, 1.54) is 6.08 Å². The van der Waals surface area contributed by atoms with Gasteiger partial charge in [-0.1, -0.05) is 18.2 Å². The fourth-order valence-corrected chi connectivity index (χ4v) is 2.07. The monoisotopic (exact) mass is 287 g/mol. The fourth-order valence-electron chi connectivity index (χ4n) is 1.44. The Morgan fingerprint density at radius 3 is 2.70 bits per heavy atom. The van der Waals surface area contributed by atoms with Crippen molar-refractivity contribution < 1.29 is 14.3 Å². The van der Waals surface area contributed by atoms with Crippen LogP contribution in [0.1, 0.15) is 5.56 Å². The molecule has 0 aliphatic rings. The molecular formula is C15H13NO3S. The van der Waals surface area contributed by atoms with Gasteiger partial charge >= 0.3 is 5.97 Å². The van der Waals surface area contributed by atoms with Crippen LogP contribution in [-0.4, -0.2) is 18.5 Å². The summed E-state index contributed by atoms with van der Waals surface area (Å²) in [5.41, 5.74) is 1.60. The van der Waals surface area contributed by atoms with Crippen LogP contribution in [0.15, 0.2) is 53.2 Å². The SMILES string of the molecule is O=C(COC(=O)/C=C/c1ccsc1)Nc1ccccc1. The summed E-state index contributed by atoms with van der Waals surface area (Å²) in [6, 6.07) is 10.9. The van der Waals surface area contributed by atoms with Gasteiger partial charge in [-0.2, -0.15) is 11.3 Å². The van der Waals surface area contributed by atoms with Gasteiger partial charge < -0.3 is 10.1 Å². The summed E-state index contributed by atoms with van der Waals surface area (Å²) >= 11 is 1.54. The predicted octanol–water partition coefficient (Wildman–Crippen LogP) is 2.94. The lowest BCUT2D eigenvalue weighted by Crippen LogP contribution is -2.20. The molecule has 0 bridgehead atoms. The van der Waals surface area contributed by atoms with Gasteiger partial charge in [-0.3, -0.25) is 4.79 Å². The molecule has 1 aromatic heterocycles. The van der Waals surface area contributed by atoms with Crippen LogP contribution in [-0.2, 0) is 14.3 Å². The standard InChI is InChI=1S/C15H13NO3S/c17-14(16-13-4-2-1-3-5-13)10-19-15(18)7-6-12-8-9-20-11-12/h1-9,11H,10H2,(H,16,17)/b7-6+. The number of esters is 1. The molecule has 1 heterocycles. The lowest BCUT2D eigenvalue weighted by molar-refractivity contribution is -0.142. The number of ether oxygens (including phenoxy) is 1. The highest BCUT2D eigenvalue weighted by Gasteiger charge is 2.05. The minimum Gasteiger partial charge on any atom is -0.452 e. The smallest absolute Gasteiger partial charge is 0.331 e. The summed E-state index contributed by atoms with van der Waals surface area (Å²) in [5, 5.41) is 6.45. The fraction of sp³-hybridized carbons (Fsp3) is 0.0667. The topological polar surface area (TPSA) is 55.4 Å². The van der Waals surface area contributed by atoms with Crippen LogP contribution in [0.25, 0.3) is 6.08 Å². The number of nitrogens with one attached hydrogen (secondary N) is 1.